The first-order valence-corrected chi connectivity index (χ1v) is 6.56. The van der Waals surface area contributed by atoms with Crippen molar-refractivity contribution in [2.75, 3.05) is 5.73 Å². The van der Waals surface area contributed by atoms with Gasteiger partial charge >= 0.3 is 12.8 Å². The average Bonchev–Trinajstić information content (AvgIpc) is 2.56. The summed E-state index contributed by atoms with van der Waals surface area (Å²) in [6, 6.07) is 0. The monoisotopic (exact) mass is 291 g/mol. The van der Waals surface area contributed by atoms with Gasteiger partial charge in [0.1, 0.15) is 11.9 Å². The van der Waals surface area contributed by atoms with E-state index in [1.165, 1.54) is 6.20 Å². The molecule has 0 radical (unpaired) electrons. The van der Waals surface area contributed by atoms with Crippen molar-refractivity contribution in [3.63, 3.8) is 0 Å². The lowest BCUT2D eigenvalue weighted by atomic mass is 9.89. The van der Waals surface area contributed by atoms with E-state index in [1.807, 2.05) is 27.7 Å². The number of anilines is 1. The molecule has 2 rings (SSSR count). The van der Waals surface area contributed by atoms with E-state index in [9.17, 15) is 10.1 Å². The molecule has 1 aromatic heterocycles. The van der Waals surface area contributed by atoms with E-state index in [0.717, 1.165) is 6.20 Å². The van der Waals surface area contributed by atoms with Crippen LogP contribution in [0.2, 0.25) is 0 Å². The lowest BCUT2D eigenvalue weighted by molar-refractivity contribution is -0.384. The molecular weight excluding hydrogens is 273 g/mol. The van der Waals surface area contributed by atoms with Crippen LogP contribution in [-0.4, -0.2) is 28.2 Å². The van der Waals surface area contributed by atoms with Crippen molar-refractivity contribution in [2.45, 2.75) is 38.9 Å². The molecule has 0 amide bonds. The minimum absolute atomic E-state index is 0.0720. The van der Waals surface area contributed by atoms with Gasteiger partial charge in [0.25, 0.3) is 0 Å². The molecule has 2 N–H and O–H groups in total. The predicted molar refractivity (Wildman–Crippen MR) is 80.4 cm³/mol. The van der Waals surface area contributed by atoms with Crippen LogP contribution in [0.15, 0.2) is 18.4 Å². The zero-order valence-corrected chi connectivity index (χ0v) is 12.5. The van der Waals surface area contributed by atoms with Crippen molar-refractivity contribution < 1.29 is 14.2 Å². The maximum atomic E-state index is 10.8. The van der Waals surface area contributed by atoms with Gasteiger partial charge in [-0.1, -0.05) is 12.1 Å². The second-order valence-corrected chi connectivity index (χ2v) is 5.90. The molecule has 0 atom stereocenters. The summed E-state index contributed by atoms with van der Waals surface area (Å²) >= 11 is 0. The van der Waals surface area contributed by atoms with Gasteiger partial charge in [0.2, 0.25) is 0 Å². The van der Waals surface area contributed by atoms with Crippen molar-refractivity contribution in [1.29, 1.82) is 0 Å². The molecule has 0 bridgehead atoms. The molecule has 112 valence electrons. The Bertz CT molecular complexity index is 585. The fourth-order valence-corrected chi connectivity index (χ4v) is 1.90. The van der Waals surface area contributed by atoms with Gasteiger partial charge in [0.15, 0.2) is 0 Å². The molecule has 1 aliphatic rings. The second kappa shape index (κ2) is 5.12. The van der Waals surface area contributed by atoms with E-state index >= 15 is 0 Å². The number of aromatic nitrogens is 1. The highest BCUT2D eigenvalue weighted by Crippen LogP contribution is 2.37. The highest BCUT2D eigenvalue weighted by molar-refractivity contribution is 6.52. The van der Waals surface area contributed by atoms with Crippen LogP contribution >= 0.6 is 0 Å². The predicted octanol–water partition coefficient (Wildman–Crippen LogP) is 2.22. The molecule has 0 aromatic carbocycles. The van der Waals surface area contributed by atoms with E-state index in [2.05, 4.69) is 4.98 Å². The van der Waals surface area contributed by atoms with Gasteiger partial charge in [-0.3, -0.25) is 15.1 Å². The molecular formula is C13H18BN3O4. The Kier molecular flexibility index (Phi) is 3.77. The summed E-state index contributed by atoms with van der Waals surface area (Å²) < 4.78 is 11.6. The van der Waals surface area contributed by atoms with Gasteiger partial charge in [0.05, 0.1) is 16.1 Å². The topological polar surface area (TPSA) is 101 Å². The molecule has 21 heavy (non-hydrogen) atoms. The highest BCUT2D eigenvalue weighted by Gasteiger charge is 2.50. The lowest BCUT2D eigenvalue weighted by Gasteiger charge is -2.32. The standard InChI is InChI=1S/C13H18BN3O4/c1-12(2)13(3,4)21-14(20-12)6-5-9-7-16-8-10(11(9)15)17(18)19/h5-8H,1-4H3,(H2,15,16)/b6-5+. The van der Waals surface area contributed by atoms with Gasteiger partial charge in [-0.2, -0.15) is 0 Å². The van der Waals surface area contributed by atoms with Crippen molar-refractivity contribution in [2.24, 2.45) is 0 Å². The third-order valence-corrected chi connectivity index (χ3v) is 3.90. The zero-order chi connectivity index (χ0) is 15.8. The first kappa shape index (κ1) is 15.5. The third kappa shape index (κ3) is 2.91. The largest absolute Gasteiger partial charge is 0.487 e. The molecule has 2 heterocycles. The maximum Gasteiger partial charge on any atom is 0.487 e. The van der Waals surface area contributed by atoms with E-state index in [1.54, 1.807) is 12.1 Å². The molecule has 7 nitrogen and oxygen atoms in total. The van der Waals surface area contributed by atoms with Gasteiger partial charge < -0.3 is 15.0 Å². The minimum Gasteiger partial charge on any atom is -0.400 e. The Balaban J connectivity index is 2.20. The molecule has 1 aliphatic heterocycles. The number of pyridine rings is 1. The van der Waals surface area contributed by atoms with Gasteiger partial charge in [-0.15, -0.1) is 0 Å². The number of hydrogen-bond acceptors (Lipinski definition) is 6. The van der Waals surface area contributed by atoms with Crippen LogP contribution in [0.1, 0.15) is 33.3 Å². The van der Waals surface area contributed by atoms with Crippen molar-refractivity contribution in [1.82, 2.24) is 4.98 Å². The van der Waals surface area contributed by atoms with Gasteiger partial charge in [0, 0.05) is 11.8 Å². The Morgan fingerprint density at radius 2 is 1.86 bits per heavy atom. The van der Waals surface area contributed by atoms with Crippen LogP contribution in [0.4, 0.5) is 11.4 Å². The van der Waals surface area contributed by atoms with Crippen LogP contribution < -0.4 is 5.73 Å². The summed E-state index contributed by atoms with van der Waals surface area (Å²) in [5.41, 5.74) is 5.20. The summed E-state index contributed by atoms with van der Waals surface area (Å²) in [6.45, 7) is 7.79. The van der Waals surface area contributed by atoms with Crippen LogP contribution in [-0.2, 0) is 9.31 Å². The SMILES string of the molecule is CC1(C)OB(/C=C/c2cncc([N+](=O)[O-])c2N)OC1(C)C. The fraction of sp³-hybridized carbons (Fsp3) is 0.462. The number of nitro groups is 1. The summed E-state index contributed by atoms with van der Waals surface area (Å²) in [5, 5.41) is 10.8. The minimum atomic E-state index is -0.561. The number of nitrogen functional groups attached to an aromatic ring is 1. The van der Waals surface area contributed by atoms with Crippen molar-refractivity contribution in [3.05, 3.63) is 34.0 Å². The third-order valence-electron chi connectivity index (χ3n) is 3.90. The highest BCUT2D eigenvalue weighted by atomic mass is 16.7. The van der Waals surface area contributed by atoms with Crippen molar-refractivity contribution in [3.8, 4) is 0 Å². The second-order valence-electron chi connectivity index (χ2n) is 5.90. The average molecular weight is 291 g/mol. The summed E-state index contributed by atoms with van der Waals surface area (Å²) in [5.74, 6) is 1.67. The van der Waals surface area contributed by atoms with Crippen LogP contribution in [0, 0.1) is 10.1 Å². The Hall–Kier alpha value is -1.93. The molecule has 8 heteroatoms. The molecule has 0 unspecified atom stereocenters. The van der Waals surface area contributed by atoms with Gasteiger partial charge in [-0.25, -0.2) is 0 Å². The van der Waals surface area contributed by atoms with E-state index in [0.29, 0.717) is 5.56 Å². The Morgan fingerprint density at radius 1 is 1.29 bits per heavy atom. The molecule has 1 fully saturated rings. The number of nitrogens with two attached hydrogens (primary N) is 1. The smallest absolute Gasteiger partial charge is 0.400 e. The first-order valence-electron chi connectivity index (χ1n) is 6.56. The Morgan fingerprint density at radius 3 is 2.38 bits per heavy atom. The summed E-state index contributed by atoms with van der Waals surface area (Å²) in [7, 11) is -0.534. The molecule has 0 aliphatic carbocycles. The zero-order valence-electron chi connectivity index (χ0n) is 12.5. The molecule has 1 saturated heterocycles. The number of nitrogens with zero attached hydrogens (tertiary/aromatic N) is 2. The van der Waals surface area contributed by atoms with Crippen LogP contribution in [0.25, 0.3) is 6.08 Å². The maximum absolute atomic E-state index is 10.8. The van der Waals surface area contributed by atoms with E-state index in [4.69, 9.17) is 15.0 Å². The summed E-state index contributed by atoms with van der Waals surface area (Å²) in [6.07, 6.45) is 4.21. The lowest BCUT2D eigenvalue weighted by Crippen LogP contribution is -2.41. The first-order chi connectivity index (χ1) is 9.64. The fourth-order valence-electron chi connectivity index (χ4n) is 1.90. The van der Waals surface area contributed by atoms with Crippen LogP contribution in [0.3, 0.4) is 0 Å². The van der Waals surface area contributed by atoms with Gasteiger partial charge in [-0.05, 0) is 27.7 Å². The van der Waals surface area contributed by atoms with E-state index in [-0.39, 0.29) is 11.4 Å². The van der Waals surface area contributed by atoms with E-state index < -0.39 is 23.2 Å². The summed E-state index contributed by atoms with van der Waals surface area (Å²) in [4.78, 5) is 14.1. The molecule has 0 saturated carbocycles. The van der Waals surface area contributed by atoms with Crippen molar-refractivity contribution >= 4 is 24.6 Å². The Labute approximate surface area is 123 Å². The number of hydrogen-bond donors (Lipinski definition) is 1. The van der Waals surface area contributed by atoms with Crippen LogP contribution in [0.5, 0.6) is 0 Å². The molecule has 1 aromatic rings. The number of rotatable bonds is 3. The normalized spacial score (nSPS) is 20.1. The molecule has 0 spiro atoms. The quantitative estimate of drug-likeness (QED) is 0.520.